The third-order valence-electron chi connectivity index (χ3n) is 6.39. The zero-order chi connectivity index (χ0) is 22.9. The number of nitrogens with one attached hydrogen (secondary N) is 2. The van der Waals surface area contributed by atoms with Crippen molar-refractivity contribution in [2.75, 3.05) is 10.6 Å². The molecule has 1 amide bonds. The lowest BCUT2D eigenvalue weighted by molar-refractivity contribution is -0.110. The number of hydrogen-bond acceptors (Lipinski definition) is 3. The summed E-state index contributed by atoms with van der Waals surface area (Å²) in [5.74, 6) is 1.69. The van der Waals surface area contributed by atoms with E-state index in [1.165, 1.54) is 11.1 Å². The minimum absolute atomic E-state index is 0.102. The van der Waals surface area contributed by atoms with Crippen molar-refractivity contribution in [2.45, 2.75) is 51.5 Å². The fourth-order valence-corrected chi connectivity index (χ4v) is 5.81. The van der Waals surface area contributed by atoms with Gasteiger partial charge in [0, 0.05) is 32.7 Å². The van der Waals surface area contributed by atoms with Gasteiger partial charge in [-0.1, -0.05) is 43.1 Å². The number of carbonyl (C=O) groups excluding carboxylic acids is 1. The minimum atomic E-state index is -0.142. The summed E-state index contributed by atoms with van der Waals surface area (Å²) in [6.07, 6.45) is 8.15. The van der Waals surface area contributed by atoms with Crippen LogP contribution in [0.5, 0.6) is 0 Å². The van der Waals surface area contributed by atoms with Gasteiger partial charge >= 0.3 is 0 Å². The highest BCUT2D eigenvalue weighted by Gasteiger charge is 2.31. The Morgan fingerprint density at radius 2 is 2.00 bits per heavy atom. The van der Waals surface area contributed by atoms with Crippen LogP contribution in [0.2, 0.25) is 5.02 Å². The Morgan fingerprint density at radius 1 is 1.21 bits per heavy atom. The molecular formula is C27H26BrClN2O2. The summed E-state index contributed by atoms with van der Waals surface area (Å²) < 4.78 is 7.22. The number of anilines is 2. The molecule has 0 fully saturated rings. The maximum absolute atomic E-state index is 12.9. The Hall–Kier alpha value is -2.50. The molecule has 5 rings (SSSR count). The molecule has 0 saturated carbocycles. The van der Waals surface area contributed by atoms with Gasteiger partial charge < -0.3 is 15.1 Å². The number of benzene rings is 2. The smallest absolute Gasteiger partial charge is 0.256 e. The lowest BCUT2D eigenvalue weighted by atomic mass is 9.89. The maximum Gasteiger partial charge on any atom is 0.256 e. The highest BCUT2D eigenvalue weighted by Crippen LogP contribution is 2.43. The van der Waals surface area contributed by atoms with E-state index in [1.807, 2.05) is 30.3 Å². The van der Waals surface area contributed by atoms with Crippen molar-refractivity contribution < 1.29 is 9.21 Å². The first-order valence-corrected chi connectivity index (χ1v) is 12.7. The molecular weight excluding hydrogens is 500 g/mol. The molecule has 1 aliphatic heterocycles. The lowest BCUT2D eigenvalue weighted by Gasteiger charge is -2.22. The average molecular weight is 526 g/mol. The monoisotopic (exact) mass is 524 g/mol. The SMILES string of the molecule is CCCC(Nc1ccccc1)c1c(C=C2C(=O)Nc3c(Br)cc(Cl)cc32)oc2c1CCCC2. The standard InChI is InChI=1S/C27H26BrClN2O2/c1-2-8-22(30-17-9-4-3-5-10-17)25-18-11-6-7-12-23(18)33-24(25)15-20-19-13-16(29)14-21(28)26(19)31-27(20)32/h3-5,9-10,13-15,22,30H,2,6-8,11-12H2,1H3,(H,31,32). The van der Waals surface area contributed by atoms with E-state index in [0.717, 1.165) is 71.5 Å². The van der Waals surface area contributed by atoms with Crippen LogP contribution in [0, 0.1) is 0 Å². The Labute approximate surface area is 207 Å². The van der Waals surface area contributed by atoms with Gasteiger partial charge in [-0.15, -0.1) is 0 Å². The number of amides is 1. The number of fused-ring (bicyclic) bond motifs is 2. The number of furan rings is 1. The Bertz CT molecular complexity index is 1230. The van der Waals surface area contributed by atoms with Gasteiger partial charge in [0.2, 0.25) is 0 Å². The molecule has 2 N–H and O–H groups in total. The number of para-hydroxylation sites is 1. The molecule has 1 unspecified atom stereocenters. The molecule has 3 aromatic rings. The van der Waals surface area contributed by atoms with Crippen LogP contribution in [0.4, 0.5) is 11.4 Å². The van der Waals surface area contributed by atoms with Crippen LogP contribution in [0.15, 0.2) is 51.4 Å². The van der Waals surface area contributed by atoms with Crippen LogP contribution in [-0.2, 0) is 17.6 Å². The third kappa shape index (κ3) is 4.36. The summed E-state index contributed by atoms with van der Waals surface area (Å²) in [6.45, 7) is 2.20. The van der Waals surface area contributed by atoms with E-state index in [4.69, 9.17) is 16.0 Å². The zero-order valence-corrected chi connectivity index (χ0v) is 20.9. The van der Waals surface area contributed by atoms with E-state index in [0.29, 0.717) is 10.6 Å². The van der Waals surface area contributed by atoms with Gasteiger partial charge in [-0.2, -0.15) is 0 Å². The molecule has 2 aliphatic rings. The highest BCUT2D eigenvalue weighted by atomic mass is 79.9. The molecule has 4 nitrogen and oxygen atoms in total. The molecule has 2 heterocycles. The Balaban J connectivity index is 1.63. The molecule has 0 bridgehead atoms. The summed E-state index contributed by atoms with van der Waals surface area (Å²) in [5, 5.41) is 7.28. The van der Waals surface area contributed by atoms with Crippen molar-refractivity contribution in [3.05, 3.63) is 80.2 Å². The predicted octanol–water partition coefficient (Wildman–Crippen LogP) is 8.02. The first-order chi connectivity index (χ1) is 16.0. The van der Waals surface area contributed by atoms with Crippen molar-refractivity contribution in [1.29, 1.82) is 0 Å². The van der Waals surface area contributed by atoms with Crippen molar-refractivity contribution in [3.8, 4) is 0 Å². The molecule has 0 radical (unpaired) electrons. The summed E-state index contributed by atoms with van der Waals surface area (Å²) in [4.78, 5) is 12.9. The van der Waals surface area contributed by atoms with Crippen molar-refractivity contribution in [3.63, 3.8) is 0 Å². The Kier molecular flexibility index (Phi) is 6.35. The van der Waals surface area contributed by atoms with Crippen LogP contribution in [0.25, 0.3) is 11.6 Å². The van der Waals surface area contributed by atoms with Crippen LogP contribution in [0.3, 0.4) is 0 Å². The van der Waals surface area contributed by atoms with Crippen LogP contribution in [0.1, 0.15) is 66.9 Å². The van der Waals surface area contributed by atoms with Gasteiger partial charge in [0.05, 0.1) is 17.3 Å². The van der Waals surface area contributed by atoms with Crippen molar-refractivity contribution in [1.82, 2.24) is 0 Å². The van der Waals surface area contributed by atoms with Gasteiger partial charge in [-0.25, -0.2) is 0 Å². The van der Waals surface area contributed by atoms with Crippen LogP contribution < -0.4 is 10.6 Å². The van der Waals surface area contributed by atoms with E-state index in [1.54, 1.807) is 6.07 Å². The van der Waals surface area contributed by atoms with Gasteiger partial charge in [0.25, 0.3) is 5.91 Å². The van der Waals surface area contributed by atoms with E-state index in [9.17, 15) is 4.79 Å². The fraction of sp³-hybridized carbons (Fsp3) is 0.296. The van der Waals surface area contributed by atoms with Crippen LogP contribution in [-0.4, -0.2) is 5.91 Å². The molecule has 0 spiro atoms. The first kappa shape index (κ1) is 22.3. The minimum Gasteiger partial charge on any atom is -0.461 e. The average Bonchev–Trinajstić information content (AvgIpc) is 3.32. The van der Waals surface area contributed by atoms with Gasteiger partial charge in [0.1, 0.15) is 11.5 Å². The lowest BCUT2D eigenvalue weighted by Crippen LogP contribution is -2.14. The summed E-state index contributed by atoms with van der Waals surface area (Å²) >= 11 is 9.83. The second-order valence-electron chi connectivity index (χ2n) is 8.66. The highest BCUT2D eigenvalue weighted by molar-refractivity contribution is 9.10. The van der Waals surface area contributed by atoms with E-state index in [-0.39, 0.29) is 11.9 Å². The molecule has 6 heteroatoms. The largest absolute Gasteiger partial charge is 0.461 e. The predicted molar refractivity (Wildman–Crippen MR) is 139 cm³/mol. The maximum atomic E-state index is 12.9. The number of aryl methyl sites for hydroxylation is 1. The molecule has 170 valence electrons. The fourth-order valence-electron chi connectivity index (χ4n) is 4.90. The second kappa shape index (κ2) is 9.40. The molecule has 1 aliphatic carbocycles. The number of carbonyl (C=O) groups is 1. The van der Waals surface area contributed by atoms with Gasteiger partial charge in [0.15, 0.2) is 0 Å². The molecule has 2 aromatic carbocycles. The van der Waals surface area contributed by atoms with Crippen LogP contribution >= 0.6 is 27.5 Å². The van der Waals surface area contributed by atoms with Gasteiger partial charge in [-0.3, -0.25) is 4.79 Å². The quantitative estimate of drug-likeness (QED) is 0.320. The summed E-state index contributed by atoms with van der Waals surface area (Å²) in [6, 6.07) is 14.0. The topological polar surface area (TPSA) is 54.3 Å². The van der Waals surface area contributed by atoms with Crippen molar-refractivity contribution >= 4 is 56.5 Å². The molecule has 0 saturated heterocycles. The normalized spacial score (nSPS) is 16.9. The first-order valence-electron chi connectivity index (χ1n) is 11.5. The second-order valence-corrected chi connectivity index (χ2v) is 9.95. The molecule has 1 aromatic heterocycles. The molecule has 33 heavy (non-hydrogen) atoms. The third-order valence-corrected chi connectivity index (χ3v) is 7.23. The summed E-state index contributed by atoms with van der Waals surface area (Å²) in [7, 11) is 0. The number of halogens is 2. The van der Waals surface area contributed by atoms with Gasteiger partial charge in [-0.05, 0) is 77.5 Å². The van der Waals surface area contributed by atoms with E-state index >= 15 is 0 Å². The Morgan fingerprint density at radius 3 is 2.79 bits per heavy atom. The van der Waals surface area contributed by atoms with Crippen molar-refractivity contribution in [2.24, 2.45) is 0 Å². The van der Waals surface area contributed by atoms with E-state index in [2.05, 4.69) is 45.6 Å². The molecule has 1 atom stereocenters. The van der Waals surface area contributed by atoms with E-state index < -0.39 is 0 Å². The number of rotatable bonds is 6. The number of hydrogen-bond donors (Lipinski definition) is 2. The zero-order valence-electron chi connectivity index (χ0n) is 18.5. The summed E-state index contributed by atoms with van der Waals surface area (Å²) in [5.41, 5.74) is 5.70.